The molecule has 3 fully saturated rings. The van der Waals surface area contributed by atoms with Gasteiger partial charge in [0, 0.05) is 54.4 Å². The smallest absolute Gasteiger partial charge is 0.251 e. The first-order valence-electron chi connectivity index (χ1n) is 13.1. The Morgan fingerprint density at radius 3 is 2.53 bits per heavy atom. The summed E-state index contributed by atoms with van der Waals surface area (Å²) in [4.78, 5) is 9.02. The molecule has 3 aromatic rings. The van der Waals surface area contributed by atoms with Crippen LogP contribution in [-0.2, 0) is 13.1 Å². The van der Waals surface area contributed by atoms with E-state index < -0.39 is 11.5 Å². The summed E-state index contributed by atoms with van der Waals surface area (Å²) in [6.07, 6.45) is 1.75. The summed E-state index contributed by atoms with van der Waals surface area (Å²) >= 11 is 6.38. The Kier molecular flexibility index (Phi) is 5.03. The number of benzene rings is 1. The number of nitrogens with zero attached hydrogens (tertiary/aromatic N) is 7. The van der Waals surface area contributed by atoms with Crippen molar-refractivity contribution in [2.45, 2.75) is 70.0 Å². The molecule has 38 heavy (non-hydrogen) atoms. The molecule has 2 saturated carbocycles. The molecule has 1 aromatic carbocycles. The van der Waals surface area contributed by atoms with E-state index in [2.05, 4.69) is 35.6 Å². The molecular formula is C28H28ClF2N7. The summed E-state index contributed by atoms with van der Waals surface area (Å²) in [7, 11) is 0. The van der Waals surface area contributed by atoms with E-state index in [-0.39, 0.29) is 24.2 Å². The zero-order valence-electron chi connectivity index (χ0n) is 21.4. The van der Waals surface area contributed by atoms with Gasteiger partial charge in [-0.25, -0.2) is 13.8 Å². The lowest BCUT2D eigenvalue weighted by atomic mass is 9.57. The molecule has 0 radical (unpaired) electrons. The number of alkyl halides is 2. The Balaban J connectivity index is 1.13. The monoisotopic (exact) mass is 535 g/mol. The van der Waals surface area contributed by atoms with E-state index in [0.717, 1.165) is 60.3 Å². The summed E-state index contributed by atoms with van der Waals surface area (Å²) < 4.78 is 30.0. The van der Waals surface area contributed by atoms with Gasteiger partial charge in [-0.2, -0.15) is 5.26 Å². The van der Waals surface area contributed by atoms with E-state index in [1.165, 1.54) is 0 Å². The number of hydrogen-bond acceptors (Lipinski definition) is 6. The van der Waals surface area contributed by atoms with Crippen molar-refractivity contribution in [2.24, 2.45) is 5.41 Å². The maximum atomic E-state index is 13.9. The Morgan fingerprint density at radius 1 is 1.08 bits per heavy atom. The molecule has 2 aromatic heterocycles. The number of rotatable bonds is 3. The average molecular weight is 536 g/mol. The second-order valence-corrected chi connectivity index (χ2v) is 12.5. The second kappa shape index (κ2) is 7.96. The number of halogens is 3. The molecule has 1 spiro atoms. The molecule has 10 heteroatoms. The van der Waals surface area contributed by atoms with Crippen LogP contribution in [-0.4, -0.2) is 49.2 Å². The number of pyridine rings is 1. The fourth-order valence-electron chi connectivity index (χ4n) is 7.15. The number of hydrogen-bond donors (Lipinski definition) is 0. The molecule has 7 nitrogen and oxygen atoms in total. The molecule has 4 aliphatic rings. The van der Waals surface area contributed by atoms with Gasteiger partial charge in [-0.05, 0) is 62.6 Å². The average Bonchev–Trinajstić information content (AvgIpc) is 3.11. The van der Waals surface area contributed by atoms with Gasteiger partial charge in [-0.1, -0.05) is 11.6 Å². The van der Waals surface area contributed by atoms with Crippen molar-refractivity contribution in [1.82, 2.24) is 24.6 Å². The van der Waals surface area contributed by atoms with Gasteiger partial charge >= 0.3 is 0 Å². The molecule has 0 atom stereocenters. The predicted octanol–water partition coefficient (Wildman–Crippen LogP) is 5.38. The van der Waals surface area contributed by atoms with Crippen molar-refractivity contribution >= 4 is 17.4 Å². The lowest BCUT2D eigenvalue weighted by Gasteiger charge is -2.59. The topological polar surface area (TPSA) is 73.9 Å². The first-order valence-corrected chi connectivity index (χ1v) is 13.4. The summed E-state index contributed by atoms with van der Waals surface area (Å²) in [6, 6.07) is 11.8. The molecule has 2 aliphatic heterocycles. The minimum Gasteiger partial charge on any atom is -0.355 e. The Labute approximate surface area is 225 Å². The van der Waals surface area contributed by atoms with Crippen LogP contribution in [0, 0.1) is 23.7 Å². The molecule has 4 heterocycles. The standard InChI is InChI=1S/C28H28ClF2N7/c1-17-18(10-32)3-6-23(33-17)36-15-27(16-36)8-20(9-27)25-35-34-24-12-37(26(2)13-28(30,31)14-26)11-19-7-21(29)4-5-22(19)38(24)25/h3-7,20H,8-9,11-16H2,1-2H3. The molecule has 0 amide bonds. The van der Waals surface area contributed by atoms with E-state index in [9.17, 15) is 14.0 Å². The van der Waals surface area contributed by atoms with E-state index in [4.69, 9.17) is 11.6 Å². The Hall–Kier alpha value is -3.09. The highest BCUT2D eigenvalue weighted by molar-refractivity contribution is 6.30. The van der Waals surface area contributed by atoms with Crippen molar-refractivity contribution < 1.29 is 8.78 Å². The number of nitriles is 1. The fraction of sp³-hybridized carbons (Fsp3) is 0.500. The number of aromatic nitrogens is 4. The van der Waals surface area contributed by atoms with Crippen molar-refractivity contribution in [1.29, 1.82) is 5.26 Å². The third-order valence-electron chi connectivity index (χ3n) is 9.07. The largest absolute Gasteiger partial charge is 0.355 e. The van der Waals surface area contributed by atoms with Crippen molar-refractivity contribution in [3.8, 4) is 11.8 Å². The van der Waals surface area contributed by atoms with Crippen molar-refractivity contribution in [3.63, 3.8) is 0 Å². The van der Waals surface area contributed by atoms with E-state index >= 15 is 0 Å². The van der Waals surface area contributed by atoms with Gasteiger partial charge in [0.2, 0.25) is 0 Å². The van der Waals surface area contributed by atoms with Crippen LogP contribution < -0.4 is 4.90 Å². The lowest BCUT2D eigenvalue weighted by molar-refractivity contribution is -0.173. The lowest BCUT2D eigenvalue weighted by Crippen LogP contribution is -2.62. The van der Waals surface area contributed by atoms with Crippen molar-refractivity contribution in [2.75, 3.05) is 18.0 Å². The van der Waals surface area contributed by atoms with Crippen LogP contribution in [0.1, 0.15) is 67.0 Å². The molecule has 1 saturated heterocycles. The zero-order chi connectivity index (χ0) is 26.4. The minimum atomic E-state index is -2.61. The van der Waals surface area contributed by atoms with E-state index in [1.54, 1.807) is 0 Å². The van der Waals surface area contributed by atoms with Gasteiger partial charge in [0.1, 0.15) is 17.7 Å². The summed E-state index contributed by atoms with van der Waals surface area (Å²) in [5.41, 5.74) is 3.04. The SMILES string of the molecule is Cc1nc(N2CC3(CC(c4nnc5n4-c4ccc(Cl)cc4CN(C4(C)CC(F)(F)C4)C5)C3)C2)ccc1C#N. The first-order chi connectivity index (χ1) is 18.1. The summed E-state index contributed by atoms with van der Waals surface area (Å²) in [5, 5.41) is 19.0. The predicted molar refractivity (Wildman–Crippen MR) is 139 cm³/mol. The van der Waals surface area contributed by atoms with Crippen LogP contribution in [0.4, 0.5) is 14.6 Å². The Morgan fingerprint density at radius 2 is 1.84 bits per heavy atom. The van der Waals surface area contributed by atoms with Gasteiger partial charge in [0.25, 0.3) is 5.92 Å². The molecule has 0 bridgehead atoms. The molecule has 2 aliphatic carbocycles. The van der Waals surface area contributed by atoms with Gasteiger partial charge < -0.3 is 4.90 Å². The summed E-state index contributed by atoms with van der Waals surface area (Å²) in [5.74, 6) is 0.345. The van der Waals surface area contributed by atoms with Crippen LogP contribution in [0.2, 0.25) is 5.02 Å². The van der Waals surface area contributed by atoms with Gasteiger partial charge in [0.05, 0.1) is 23.5 Å². The molecular weight excluding hydrogens is 508 g/mol. The van der Waals surface area contributed by atoms with E-state index in [0.29, 0.717) is 23.7 Å². The summed E-state index contributed by atoms with van der Waals surface area (Å²) in [6.45, 7) is 6.69. The van der Waals surface area contributed by atoms with Crippen LogP contribution in [0.5, 0.6) is 0 Å². The van der Waals surface area contributed by atoms with Crippen LogP contribution >= 0.6 is 11.6 Å². The Bertz CT molecular complexity index is 1490. The molecule has 196 valence electrons. The van der Waals surface area contributed by atoms with Gasteiger partial charge in [0.15, 0.2) is 5.82 Å². The quantitative estimate of drug-likeness (QED) is 0.448. The molecule has 0 N–H and O–H groups in total. The van der Waals surface area contributed by atoms with Gasteiger partial charge in [-0.3, -0.25) is 9.47 Å². The highest BCUT2D eigenvalue weighted by Gasteiger charge is 2.57. The maximum Gasteiger partial charge on any atom is 0.251 e. The third kappa shape index (κ3) is 3.64. The highest BCUT2D eigenvalue weighted by Crippen LogP contribution is 2.57. The fourth-order valence-corrected chi connectivity index (χ4v) is 7.35. The minimum absolute atomic E-state index is 0.147. The van der Waals surface area contributed by atoms with Gasteiger partial charge in [-0.15, -0.1) is 10.2 Å². The molecule has 0 unspecified atom stereocenters. The highest BCUT2D eigenvalue weighted by atomic mass is 35.5. The number of fused-ring (bicyclic) bond motifs is 3. The zero-order valence-corrected chi connectivity index (χ0v) is 22.1. The number of anilines is 1. The third-order valence-corrected chi connectivity index (χ3v) is 9.30. The van der Waals surface area contributed by atoms with Crippen LogP contribution in [0.3, 0.4) is 0 Å². The van der Waals surface area contributed by atoms with Crippen molar-refractivity contribution in [3.05, 3.63) is 63.8 Å². The van der Waals surface area contributed by atoms with Crippen LogP contribution in [0.25, 0.3) is 5.69 Å². The normalized spacial score (nSPS) is 22.9. The maximum absolute atomic E-state index is 13.9. The van der Waals surface area contributed by atoms with E-state index in [1.807, 2.05) is 44.2 Å². The first kappa shape index (κ1) is 24.0. The second-order valence-electron chi connectivity index (χ2n) is 12.0. The number of aryl methyl sites for hydroxylation is 1. The molecule has 7 rings (SSSR count). The van der Waals surface area contributed by atoms with Crippen LogP contribution in [0.15, 0.2) is 30.3 Å².